The molecule has 2 saturated heterocycles. The highest BCUT2D eigenvalue weighted by Crippen LogP contribution is 2.41. The van der Waals surface area contributed by atoms with E-state index in [0.29, 0.717) is 12.5 Å². The van der Waals surface area contributed by atoms with Gasteiger partial charge in [-0.2, -0.15) is 24.5 Å². The first-order valence-corrected chi connectivity index (χ1v) is 10.8. The molecule has 0 bridgehead atoms. The number of halogens is 3. The van der Waals surface area contributed by atoms with E-state index in [-0.39, 0.29) is 11.3 Å². The molecular formula is C18H20F3N3O4S2. The summed E-state index contributed by atoms with van der Waals surface area (Å²) in [6.45, 7) is 5.09. The molecule has 4 heterocycles. The number of nitrogens with one attached hydrogen (secondary N) is 1. The molecule has 2 fully saturated rings. The monoisotopic (exact) mass is 463 g/mol. The van der Waals surface area contributed by atoms with Gasteiger partial charge < -0.3 is 15.2 Å². The number of carboxylic acids is 1. The van der Waals surface area contributed by atoms with Crippen LogP contribution in [0, 0.1) is 11.3 Å². The van der Waals surface area contributed by atoms with Gasteiger partial charge in [0.1, 0.15) is 5.01 Å². The minimum atomic E-state index is -5.08. The van der Waals surface area contributed by atoms with Crippen LogP contribution in [0.15, 0.2) is 28.4 Å². The van der Waals surface area contributed by atoms with Crippen molar-refractivity contribution in [2.24, 2.45) is 11.3 Å². The van der Waals surface area contributed by atoms with Gasteiger partial charge in [0.25, 0.3) is 5.91 Å². The average molecular weight is 464 g/mol. The Kier molecular flexibility index (Phi) is 7.11. The van der Waals surface area contributed by atoms with Crippen LogP contribution in [0.3, 0.4) is 0 Å². The van der Waals surface area contributed by atoms with Gasteiger partial charge in [0.15, 0.2) is 0 Å². The lowest BCUT2D eigenvalue weighted by Gasteiger charge is -2.27. The number of ether oxygens (including phenoxy) is 1. The quantitative estimate of drug-likeness (QED) is 0.709. The van der Waals surface area contributed by atoms with Crippen LogP contribution in [0.5, 0.6) is 0 Å². The zero-order chi connectivity index (χ0) is 21.8. The van der Waals surface area contributed by atoms with Crippen molar-refractivity contribution in [3.05, 3.63) is 39.0 Å². The van der Waals surface area contributed by atoms with Crippen molar-refractivity contribution in [1.82, 2.24) is 15.2 Å². The number of alkyl halides is 3. The van der Waals surface area contributed by atoms with Gasteiger partial charge in [-0.3, -0.25) is 9.69 Å². The standard InChI is InChI=1S/C16H19N3O2S2.C2HF3O2/c20-15(12-1-3-22-8-12)18-9-16-10-19(5-13(16)7-21-11-16)6-14-17-2-4-23-14;3-2(4,5)1(6)7/h1-4,8,13H,5-7,9-11H2,(H,18,20);(H,6,7)/t13-,16+;/m1./s1. The Hall–Kier alpha value is -2.02. The predicted molar refractivity (Wildman–Crippen MR) is 104 cm³/mol. The lowest BCUT2D eigenvalue weighted by atomic mass is 9.81. The van der Waals surface area contributed by atoms with E-state index in [4.69, 9.17) is 14.6 Å². The Balaban J connectivity index is 0.000000318. The van der Waals surface area contributed by atoms with Gasteiger partial charge in [-0.15, -0.1) is 11.3 Å². The second-order valence-electron chi connectivity index (χ2n) is 7.17. The van der Waals surface area contributed by atoms with Gasteiger partial charge in [0, 0.05) is 53.5 Å². The molecule has 0 radical (unpaired) electrons. The molecule has 0 unspecified atom stereocenters. The molecule has 164 valence electrons. The number of hydrogen-bond acceptors (Lipinski definition) is 7. The molecule has 0 spiro atoms. The molecule has 0 aromatic carbocycles. The maximum atomic E-state index is 12.2. The van der Waals surface area contributed by atoms with E-state index in [9.17, 15) is 18.0 Å². The molecule has 0 aliphatic carbocycles. The number of rotatable bonds is 5. The van der Waals surface area contributed by atoms with Gasteiger partial charge in [0.2, 0.25) is 0 Å². The number of amides is 1. The van der Waals surface area contributed by atoms with E-state index in [0.717, 1.165) is 43.4 Å². The van der Waals surface area contributed by atoms with Crippen LogP contribution < -0.4 is 5.32 Å². The molecule has 2 aromatic rings. The van der Waals surface area contributed by atoms with Crippen LogP contribution in [-0.2, 0) is 16.1 Å². The first-order valence-electron chi connectivity index (χ1n) is 8.98. The van der Waals surface area contributed by atoms with Crippen LogP contribution in [-0.4, -0.2) is 65.9 Å². The maximum Gasteiger partial charge on any atom is 0.490 e. The summed E-state index contributed by atoms with van der Waals surface area (Å²) in [6, 6.07) is 1.86. The van der Waals surface area contributed by atoms with Gasteiger partial charge in [-0.05, 0) is 11.4 Å². The Morgan fingerprint density at radius 1 is 1.40 bits per heavy atom. The fraction of sp³-hybridized carbons (Fsp3) is 0.500. The average Bonchev–Trinajstić information content (AvgIpc) is 3.44. The number of hydrogen-bond donors (Lipinski definition) is 2. The number of carbonyl (C=O) groups is 2. The molecule has 2 atom stereocenters. The molecule has 7 nitrogen and oxygen atoms in total. The number of carbonyl (C=O) groups excluding carboxylic acids is 1. The molecule has 12 heteroatoms. The molecular weight excluding hydrogens is 443 g/mol. The fourth-order valence-corrected chi connectivity index (χ4v) is 4.88. The number of thiophene rings is 1. The van der Waals surface area contributed by atoms with E-state index in [2.05, 4.69) is 15.2 Å². The maximum absolute atomic E-state index is 12.2. The molecule has 2 aliphatic rings. The number of thiazole rings is 1. The van der Waals surface area contributed by atoms with Gasteiger partial charge in [0.05, 0.1) is 19.8 Å². The summed E-state index contributed by atoms with van der Waals surface area (Å²) in [4.78, 5) is 27.9. The number of fused-ring (bicyclic) bond motifs is 1. The molecule has 30 heavy (non-hydrogen) atoms. The highest BCUT2D eigenvalue weighted by atomic mass is 32.1. The summed E-state index contributed by atoms with van der Waals surface area (Å²) in [5.74, 6) is -2.25. The topological polar surface area (TPSA) is 91.8 Å². The third-order valence-corrected chi connectivity index (χ3v) is 6.51. The second-order valence-corrected chi connectivity index (χ2v) is 8.93. The molecule has 4 rings (SSSR count). The highest BCUT2D eigenvalue weighted by molar-refractivity contribution is 7.09. The summed E-state index contributed by atoms with van der Waals surface area (Å²) < 4.78 is 37.5. The zero-order valence-electron chi connectivity index (χ0n) is 15.7. The van der Waals surface area contributed by atoms with Crippen molar-refractivity contribution in [1.29, 1.82) is 0 Å². The first-order chi connectivity index (χ1) is 14.2. The van der Waals surface area contributed by atoms with Crippen LogP contribution >= 0.6 is 22.7 Å². The Labute approximate surface area is 178 Å². The highest BCUT2D eigenvalue weighted by Gasteiger charge is 2.50. The fourth-order valence-electron chi connectivity index (χ4n) is 3.59. The molecule has 2 N–H and O–H groups in total. The summed E-state index contributed by atoms with van der Waals surface area (Å²) in [5.41, 5.74) is 0.794. The molecule has 1 amide bonds. The van der Waals surface area contributed by atoms with Crippen LogP contribution in [0.2, 0.25) is 0 Å². The first kappa shape index (κ1) is 22.7. The summed E-state index contributed by atoms with van der Waals surface area (Å²) in [7, 11) is 0. The van der Waals surface area contributed by atoms with E-state index in [1.54, 1.807) is 22.7 Å². The minimum absolute atomic E-state index is 0.0182. The van der Waals surface area contributed by atoms with E-state index in [1.165, 1.54) is 0 Å². The third kappa shape index (κ3) is 5.56. The number of aliphatic carboxylic acids is 1. The lowest BCUT2D eigenvalue weighted by molar-refractivity contribution is -0.192. The lowest BCUT2D eigenvalue weighted by Crippen LogP contribution is -2.43. The van der Waals surface area contributed by atoms with Crippen LogP contribution in [0.25, 0.3) is 0 Å². The summed E-state index contributed by atoms with van der Waals surface area (Å²) >= 11 is 3.25. The van der Waals surface area contributed by atoms with Crippen molar-refractivity contribution >= 4 is 34.6 Å². The number of carboxylic acid groups (broad SMARTS) is 1. The van der Waals surface area contributed by atoms with Crippen molar-refractivity contribution in [2.45, 2.75) is 12.7 Å². The SMILES string of the molecule is O=C(NC[C@]12COC[C@H]1CN(Cc1nccs1)C2)c1ccsc1.O=C(O)C(F)(F)F. The predicted octanol–water partition coefficient (Wildman–Crippen LogP) is 2.72. The number of aromatic nitrogens is 1. The smallest absolute Gasteiger partial charge is 0.475 e. The van der Waals surface area contributed by atoms with E-state index < -0.39 is 12.1 Å². The minimum Gasteiger partial charge on any atom is -0.475 e. The second kappa shape index (κ2) is 9.41. The van der Waals surface area contributed by atoms with Crippen molar-refractivity contribution in [3.8, 4) is 0 Å². The van der Waals surface area contributed by atoms with Crippen molar-refractivity contribution in [3.63, 3.8) is 0 Å². The normalized spacial score (nSPS) is 23.5. The van der Waals surface area contributed by atoms with Gasteiger partial charge in [-0.1, -0.05) is 0 Å². The van der Waals surface area contributed by atoms with Gasteiger partial charge >= 0.3 is 12.1 Å². The third-order valence-electron chi connectivity index (χ3n) is 5.06. The van der Waals surface area contributed by atoms with Gasteiger partial charge in [-0.25, -0.2) is 9.78 Å². The molecule has 0 saturated carbocycles. The largest absolute Gasteiger partial charge is 0.490 e. The van der Waals surface area contributed by atoms with Crippen LogP contribution in [0.1, 0.15) is 15.4 Å². The molecule has 2 aliphatic heterocycles. The zero-order valence-corrected chi connectivity index (χ0v) is 17.4. The van der Waals surface area contributed by atoms with E-state index in [1.807, 2.05) is 28.4 Å². The number of nitrogens with zero attached hydrogens (tertiary/aromatic N) is 2. The Morgan fingerprint density at radius 3 is 2.77 bits per heavy atom. The Morgan fingerprint density at radius 2 is 2.17 bits per heavy atom. The molecule has 2 aromatic heterocycles. The van der Waals surface area contributed by atoms with Crippen LogP contribution in [0.4, 0.5) is 13.2 Å². The van der Waals surface area contributed by atoms with Crippen molar-refractivity contribution < 1.29 is 32.6 Å². The Bertz CT molecular complexity index is 845. The summed E-state index contributed by atoms with van der Waals surface area (Å²) in [6.07, 6.45) is -3.23. The summed E-state index contributed by atoms with van der Waals surface area (Å²) in [5, 5.41) is 17.2. The number of likely N-dealkylation sites (tertiary alicyclic amines) is 1. The van der Waals surface area contributed by atoms with Crippen molar-refractivity contribution in [2.75, 3.05) is 32.8 Å². The van der Waals surface area contributed by atoms with E-state index >= 15 is 0 Å².